The summed E-state index contributed by atoms with van der Waals surface area (Å²) in [4.78, 5) is 0. The maximum atomic E-state index is 4.80. The van der Waals surface area contributed by atoms with Crippen LogP contribution in [0.4, 0.5) is 0 Å². The zero-order valence-corrected chi connectivity index (χ0v) is 13.2. The minimum Gasteiger partial charge on any atom is -0.314 e. The van der Waals surface area contributed by atoms with Gasteiger partial charge in [-0.2, -0.15) is 0 Å². The first kappa shape index (κ1) is 12.7. The second kappa shape index (κ2) is 4.33. The predicted octanol–water partition coefficient (Wildman–Crippen LogP) is 4.03. The molecule has 0 spiro atoms. The van der Waals surface area contributed by atoms with Crippen LogP contribution in [0, 0.1) is 17.8 Å². The molecule has 0 unspecified atom stereocenters. The molecule has 1 aromatic heterocycles. The number of hydrogen-bond acceptors (Lipinski definition) is 2. The molecule has 0 radical (unpaired) electrons. The van der Waals surface area contributed by atoms with Crippen LogP contribution in [-0.2, 0) is 12.0 Å². The fourth-order valence-corrected chi connectivity index (χ4v) is 6.18. The van der Waals surface area contributed by atoms with Crippen molar-refractivity contribution in [3.8, 4) is 0 Å². The van der Waals surface area contributed by atoms with E-state index < -0.39 is 0 Å². The van der Waals surface area contributed by atoms with Crippen LogP contribution < -0.4 is 0 Å². The van der Waals surface area contributed by atoms with E-state index in [1.807, 2.05) is 0 Å². The maximum absolute atomic E-state index is 4.80. The van der Waals surface area contributed by atoms with E-state index in [2.05, 4.69) is 16.6 Å². The first-order chi connectivity index (χ1) is 10.3. The highest BCUT2D eigenvalue weighted by atomic mass is 15.3. The lowest BCUT2D eigenvalue weighted by Crippen LogP contribution is -2.49. The van der Waals surface area contributed by atoms with Gasteiger partial charge in [0, 0.05) is 17.9 Å². The molecular weight excluding hydrogens is 258 g/mol. The van der Waals surface area contributed by atoms with Gasteiger partial charge < -0.3 is 4.57 Å². The smallest absolute Gasteiger partial charge is 0.139 e. The summed E-state index contributed by atoms with van der Waals surface area (Å²) in [7, 11) is 0. The standard InChI is InChI=1S/C18H27N3/c1-2-5-21-16(15-3-4-15)19-20-17(21)18-9-12-6-13(10-18)8-14(7-12)11-18/h12-15H,2-11H2,1H3. The van der Waals surface area contributed by atoms with Gasteiger partial charge in [0.15, 0.2) is 0 Å². The highest BCUT2D eigenvalue weighted by molar-refractivity contribution is 5.21. The minimum absolute atomic E-state index is 0.407. The second-order valence-electron chi connectivity index (χ2n) is 8.51. The molecule has 0 N–H and O–H groups in total. The van der Waals surface area contributed by atoms with Crippen LogP contribution in [-0.4, -0.2) is 14.8 Å². The van der Waals surface area contributed by atoms with Crippen molar-refractivity contribution in [1.29, 1.82) is 0 Å². The predicted molar refractivity (Wildman–Crippen MR) is 82.1 cm³/mol. The summed E-state index contributed by atoms with van der Waals surface area (Å²) in [5, 5.41) is 9.47. The van der Waals surface area contributed by atoms with Gasteiger partial charge in [0.25, 0.3) is 0 Å². The molecule has 1 aromatic rings. The molecule has 3 heteroatoms. The Bertz CT molecular complexity index is 520. The lowest BCUT2D eigenvalue weighted by atomic mass is 9.49. The monoisotopic (exact) mass is 285 g/mol. The van der Waals surface area contributed by atoms with E-state index in [1.54, 1.807) is 0 Å². The lowest BCUT2D eigenvalue weighted by molar-refractivity contribution is -0.0112. The van der Waals surface area contributed by atoms with Crippen LogP contribution >= 0.6 is 0 Å². The fourth-order valence-electron chi connectivity index (χ4n) is 6.18. The Morgan fingerprint density at radius 3 is 2.14 bits per heavy atom. The molecular formula is C18H27N3. The van der Waals surface area contributed by atoms with Gasteiger partial charge in [-0.3, -0.25) is 0 Å². The minimum atomic E-state index is 0.407. The summed E-state index contributed by atoms with van der Waals surface area (Å²) in [5.74, 6) is 6.42. The summed E-state index contributed by atoms with van der Waals surface area (Å²) in [5.41, 5.74) is 0.407. The SMILES string of the molecule is CCCn1c(C2CC2)nnc1C12CC3CC(CC(C3)C1)C2. The summed E-state index contributed by atoms with van der Waals surface area (Å²) in [6.45, 7) is 3.43. The van der Waals surface area contributed by atoms with Gasteiger partial charge >= 0.3 is 0 Å². The summed E-state index contributed by atoms with van der Waals surface area (Å²) in [6.07, 6.45) is 12.6. The number of nitrogens with zero attached hydrogens (tertiary/aromatic N) is 3. The van der Waals surface area contributed by atoms with Gasteiger partial charge in [0.1, 0.15) is 11.6 Å². The second-order valence-corrected chi connectivity index (χ2v) is 8.51. The largest absolute Gasteiger partial charge is 0.314 e. The molecule has 0 aliphatic heterocycles. The summed E-state index contributed by atoms with van der Waals surface area (Å²) < 4.78 is 2.56. The normalized spacial score (nSPS) is 40.9. The van der Waals surface area contributed by atoms with Crippen LogP contribution in [0.3, 0.4) is 0 Å². The molecule has 0 atom stereocenters. The number of aromatic nitrogens is 3. The maximum Gasteiger partial charge on any atom is 0.139 e. The van der Waals surface area contributed by atoms with Crippen LogP contribution in [0.2, 0.25) is 0 Å². The Hall–Kier alpha value is -0.860. The van der Waals surface area contributed by atoms with E-state index in [-0.39, 0.29) is 0 Å². The Kier molecular flexibility index (Phi) is 2.61. The average molecular weight is 285 g/mol. The molecule has 21 heavy (non-hydrogen) atoms. The van der Waals surface area contributed by atoms with Crippen molar-refractivity contribution in [2.24, 2.45) is 17.8 Å². The topological polar surface area (TPSA) is 30.7 Å². The molecule has 3 nitrogen and oxygen atoms in total. The van der Waals surface area contributed by atoms with Gasteiger partial charge in [-0.05, 0) is 75.5 Å². The van der Waals surface area contributed by atoms with Crippen LogP contribution in [0.1, 0.15) is 82.3 Å². The molecule has 5 aliphatic rings. The van der Waals surface area contributed by atoms with Crippen LogP contribution in [0.5, 0.6) is 0 Å². The Labute approximate surface area is 127 Å². The highest BCUT2D eigenvalue weighted by Crippen LogP contribution is 2.60. The van der Waals surface area contributed by atoms with Crippen molar-refractivity contribution in [2.75, 3.05) is 0 Å². The summed E-state index contributed by atoms with van der Waals surface area (Å²) in [6, 6.07) is 0. The Balaban J connectivity index is 1.57. The highest BCUT2D eigenvalue weighted by Gasteiger charge is 2.54. The van der Waals surface area contributed by atoms with E-state index in [0.717, 1.165) is 30.2 Å². The molecule has 1 heterocycles. The number of rotatable bonds is 4. The third kappa shape index (κ3) is 1.85. The molecule has 114 valence electrons. The molecule has 6 rings (SSSR count). The first-order valence-electron chi connectivity index (χ1n) is 9.21. The van der Waals surface area contributed by atoms with E-state index in [4.69, 9.17) is 5.10 Å². The zero-order valence-electron chi connectivity index (χ0n) is 13.2. The third-order valence-electron chi connectivity index (χ3n) is 6.68. The van der Waals surface area contributed by atoms with E-state index >= 15 is 0 Å². The lowest BCUT2D eigenvalue weighted by Gasteiger charge is -2.56. The number of hydrogen-bond donors (Lipinski definition) is 0. The molecule has 0 aromatic carbocycles. The summed E-state index contributed by atoms with van der Waals surface area (Å²) >= 11 is 0. The van der Waals surface area contributed by atoms with Crippen molar-refractivity contribution in [1.82, 2.24) is 14.8 Å². The molecule has 4 bridgehead atoms. The van der Waals surface area contributed by atoms with Crippen molar-refractivity contribution in [3.63, 3.8) is 0 Å². The molecule has 0 amide bonds. The fraction of sp³-hybridized carbons (Fsp3) is 0.889. The van der Waals surface area contributed by atoms with E-state index in [0.29, 0.717) is 5.41 Å². The van der Waals surface area contributed by atoms with Crippen LogP contribution in [0.15, 0.2) is 0 Å². The van der Waals surface area contributed by atoms with Gasteiger partial charge in [-0.15, -0.1) is 10.2 Å². The van der Waals surface area contributed by atoms with Gasteiger partial charge in [0.2, 0.25) is 0 Å². The first-order valence-corrected chi connectivity index (χ1v) is 9.21. The average Bonchev–Trinajstić information content (AvgIpc) is 3.19. The van der Waals surface area contributed by atoms with E-state index in [1.165, 1.54) is 69.4 Å². The van der Waals surface area contributed by atoms with Crippen molar-refractivity contribution >= 4 is 0 Å². The molecule has 5 aliphatic carbocycles. The van der Waals surface area contributed by atoms with Crippen molar-refractivity contribution in [2.45, 2.75) is 82.6 Å². The molecule has 0 saturated heterocycles. The molecule has 5 fully saturated rings. The van der Waals surface area contributed by atoms with Crippen molar-refractivity contribution < 1.29 is 0 Å². The quantitative estimate of drug-likeness (QED) is 0.836. The van der Waals surface area contributed by atoms with Gasteiger partial charge in [0.05, 0.1) is 0 Å². The Morgan fingerprint density at radius 2 is 1.62 bits per heavy atom. The zero-order chi connectivity index (χ0) is 14.0. The Morgan fingerprint density at radius 1 is 1.00 bits per heavy atom. The van der Waals surface area contributed by atoms with Crippen LogP contribution in [0.25, 0.3) is 0 Å². The van der Waals surface area contributed by atoms with Crippen molar-refractivity contribution in [3.05, 3.63) is 11.6 Å². The molecule has 5 saturated carbocycles. The van der Waals surface area contributed by atoms with E-state index in [9.17, 15) is 0 Å². The van der Waals surface area contributed by atoms with Gasteiger partial charge in [-0.1, -0.05) is 6.92 Å². The van der Waals surface area contributed by atoms with Gasteiger partial charge in [-0.25, -0.2) is 0 Å². The third-order valence-corrected chi connectivity index (χ3v) is 6.68.